The third-order valence-corrected chi connectivity index (χ3v) is 5.88. The fourth-order valence-corrected chi connectivity index (χ4v) is 4.92. The standard InChI is InChI=1S/C16H22O4/c1-10-12-11(17)4-5-14(12,2)13(18-3)16(15(10)6-7-15)19-8-9-20-16/h4-5,11,13,17H,6-9H2,1-3H3/t11?,13-,14-/m1/s1. The first-order chi connectivity index (χ1) is 9.52. The Labute approximate surface area is 119 Å². The van der Waals surface area contributed by atoms with E-state index in [9.17, 15) is 5.11 Å². The molecule has 4 aliphatic rings. The van der Waals surface area contributed by atoms with E-state index in [0.29, 0.717) is 13.2 Å². The summed E-state index contributed by atoms with van der Waals surface area (Å²) < 4.78 is 18.2. The number of hydrogen-bond acceptors (Lipinski definition) is 4. The van der Waals surface area contributed by atoms with Crippen molar-refractivity contribution in [3.05, 3.63) is 23.3 Å². The lowest BCUT2D eigenvalue weighted by molar-refractivity contribution is -0.282. The van der Waals surface area contributed by atoms with Crippen LogP contribution in [0.5, 0.6) is 0 Å². The Kier molecular flexibility index (Phi) is 2.44. The maximum absolute atomic E-state index is 10.4. The maximum Gasteiger partial charge on any atom is 0.205 e. The van der Waals surface area contributed by atoms with Crippen LogP contribution in [0.1, 0.15) is 26.7 Å². The summed E-state index contributed by atoms with van der Waals surface area (Å²) in [4.78, 5) is 0. The third-order valence-electron chi connectivity index (χ3n) is 5.88. The van der Waals surface area contributed by atoms with E-state index < -0.39 is 11.9 Å². The summed E-state index contributed by atoms with van der Waals surface area (Å²) in [7, 11) is 1.72. The van der Waals surface area contributed by atoms with Gasteiger partial charge < -0.3 is 19.3 Å². The molecule has 0 aromatic heterocycles. The van der Waals surface area contributed by atoms with Crippen LogP contribution in [0.4, 0.5) is 0 Å². The molecule has 0 radical (unpaired) electrons. The average Bonchev–Trinajstić information content (AvgIpc) is 3.00. The summed E-state index contributed by atoms with van der Waals surface area (Å²) in [6.45, 7) is 5.49. The van der Waals surface area contributed by atoms with Gasteiger partial charge in [0.05, 0.1) is 19.3 Å². The Morgan fingerprint density at radius 3 is 2.50 bits per heavy atom. The molecule has 1 N–H and O–H groups in total. The van der Waals surface area contributed by atoms with Crippen LogP contribution in [-0.4, -0.2) is 43.4 Å². The van der Waals surface area contributed by atoms with E-state index >= 15 is 0 Å². The van der Waals surface area contributed by atoms with Gasteiger partial charge in [0.2, 0.25) is 5.79 Å². The monoisotopic (exact) mass is 278 g/mol. The Morgan fingerprint density at radius 1 is 1.30 bits per heavy atom. The van der Waals surface area contributed by atoms with Crippen LogP contribution in [0.3, 0.4) is 0 Å². The minimum absolute atomic E-state index is 0.105. The zero-order chi connectivity index (χ0) is 14.2. The van der Waals surface area contributed by atoms with Crippen molar-refractivity contribution < 1.29 is 19.3 Å². The molecule has 110 valence electrons. The Balaban J connectivity index is 1.97. The van der Waals surface area contributed by atoms with Crippen molar-refractivity contribution in [2.45, 2.75) is 44.7 Å². The molecule has 1 aliphatic heterocycles. The predicted octanol–water partition coefficient (Wildman–Crippen LogP) is 1.79. The van der Waals surface area contributed by atoms with E-state index in [1.807, 2.05) is 6.08 Å². The van der Waals surface area contributed by atoms with Crippen LogP contribution in [0, 0.1) is 10.8 Å². The second-order valence-corrected chi connectivity index (χ2v) is 6.69. The molecule has 2 fully saturated rings. The summed E-state index contributed by atoms with van der Waals surface area (Å²) in [5.41, 5.74) is 1.88. The van der Waals surface area contributed by atoms with Gasteiger partial charge in [-0.25, -0.2) is 0 Å². The van der Waals surface area contributed by atoms with Crippen molar-refractivity contribution in [3.8, 4) is 0 Å². The van der Waals surface area contributed by atoms with E-state index in [2.05, 4.69) is 19.9 Å². The van der Waals surface area contributed by atoms with Crippen LogP contribution in [0.2, 0.25) is 0 Å². The van der Waals surface area contributed by atoms with Crippen molar-refractivity contribution >= 4 is 0 Å². The van der Waals surface area contributed by atoms with E-state index in [1.54, 1.807) is 7.11 Å². The number of methoxy groups -OCH3 is 1. The normalized spacial score (nSPS) is 43.6. The highest BCUT2D eigenvalue weighted by Crippen LogP contribution is 2.71. The van der Waals surface area contributed by atoms with E-state index in [-0.39, 0.29) is 16.9 Å². The fraction of sp³-hybridized carbons (Fsp3) is 0.750. The Bertz CT molecular complexity index is 511. The van der Waals surface area contributed by atoms with E-state index in [1.165, 1.54) is 5.57 Å². The van der Waals surface area contributed by atoms with Crippen LogP contribution in [0.25, 0.3) is 0 Å². The quantitative estimate of drug-likeness (QED) is 0.743. The lowest BCUT2D eigenvalue weighted by atomic mass is 9.62. The molecular formula is C16H22O4. The fourth-order valence-electron chi connectivity index (χ4n) is 4.92. The van der Waals surface area contributed by atoms with Gasteiger partial charge in [0.1, 0.15) is 6.10 Å². The number of aliphatic hydroxyl groups is 1. The maximum atomic E-state index is 10.4. The van der Waals surface area contributed by atoms with Crippen molar-refractivity contribution in [1.82, 2.24) is 0 Å². The number of aliphatic hydroxyl groups excluding tert-OH is 1. The SMILES string of the molecule is CO[C@H]1C2(OCCO2)C2(CC2)C(C)=C2C(O)C=C[C@]21C. The van der Waals surface area contributed by atoms with Gasteiger partial charge in [0, 0.05) is 17.9 Å². The number of rotatable bonds is 1. The van der Waals surface area contributed by atoms with Crippen LogP contribution < -0.4 is 0 Å². The van der Waals surface area contributed by atoms with Gasteiger partial charge >= 0.3 is 0 Å². The molecule has 0 aromatic carbocycles. The summed E-state index contributed by atoms with van der Waals surface area (Å²) in [5.74, 6) is -0.682. The van der Waals surface area contributed by atoms with Crippen molar-refractivity contribution in [2.24, 2.45) is 10.8 Å². The van der Waals surface area contributed by atoms with Gasteiger partial charge in [0.15, 0.2) is 0 Å². The second kappa shape index (κ2) is 3.74. The minimum Gasteiger partial charge on any atom is -0.385 e. The number of hydrogen-bond donors (Lipinski definition) is 1. The van der Waals surface area contributed by atoms with Crippen LogP contribution in [0.15, 0.2) is 23.3 Å². The molecule has 4 heteroatoms. The van der Waals surface area contributed by atoms with Gasteiger partial charge in [-0.3, -0.25) is 0 Å². The molecule has 2 spiro atoms. The molecule has 0 amide bonds. The molecular weight excluding hydrogens is 256 g/mol. The smallest absolute Gasteiger partial charge is 0.205 e. The molecule has 20 heavy (non-hydrogen) atoms. The van der Waals surface area contributed by atoms with Gasteiger partial charge in [-0.2, -0.15) is 0 Å². The summed E-state index contributed by atoms with van der Waals surface area (Å²) in [6, 6.07) is 0. The second-order valence-electron chi connectivity index (χ2n) is 6.69. The Morgan fingerprint density at radius 2 is 1.95 bits per heavy atom. The largest absolute Gasteiger partial charge is 0.385 e. The van der Waals surface area contributed by atoms with Gasteiger partial charge in [-0.15, -0.1) is 0 Å². The molecule has 3 atom stereocenters. The average molecular weight is 278 g/mol. The molecule has 4 nitrogen and oxygen atoms in total. The zero-order valence-electron chi connectivity index (χ0n) is 12.3. The van der Waals surface area contributed by atoms with E-state index in [4.69, 9.17) is 14.2 Å². The first-order valence-corrected chi connectivity index (χ1v) is 7.42. The molecule has 1 unspecified atom stereocenters. The molecule has 4 rings (SSSR count). The minimum atomic E-state index is -0.682. The summed E-state index contributed by atoms with van der Waals surface area (Å²) in [5, 5.41) is 10.4. The van der Waals surface area contributed by atoms with E-state index in [0.717, 1.165) is 18.4 Å². The highest BCUT2D eigenvalue weighted by Gasteiger charge is 2.74. The predicted molar refractivity (Wildman–Crippen MR) is 73.1 cm³/mol. The molecule has 1 heterocycles. The molecule has 0 aromatic rings. The third kappa shape index (κ3) is 1.19. The van der Waals surface area contributed by atoms with Crippen molar-refractivity contribution in [1.29, 1.82) is 0 Å². The number of fused-ring (bicyclic) bond motifs is 2. The first-order valence-electron chi connectivity index (χ1n) is 7.42. The lowest BCUT2D eigenvalue weighted by Crippen LogP contribution is -2.62. The van der Waals surface area contributed by atoms with Gasteiger partial charge in [-0.05, 0) is 32.3 Å². The number of ether oxygens (including phenoxy) is 3. The van der Waals surface area contributed by atoms with Crippen molar-refractivity contribution in [3.63, 3.8) is 0 Å². The highest BCUT2D eigenvalue weighted by atomic mass is 16.8. The van der Waals surface area contributed by atoms with Crippen molar-refractivity contribution in [2.75, 3.05) is 20.3 Å². The molecule has 1 saturated carbocycles. The molecule has 0 bridgehead atoms. The van der Waals surface area contributed by atoms with Gasteiger partial charge in [0.25, 0.3) is 0 Å². The molecule has 3 aliphatic carbocycles. The van der Waals surface area contributed by atoms with Gasteiger partial charge in [-0.1, -0.05) is 17.7 Å². The van der Waals surface area contributed by atoms with Crippen LogP contribution in [-0.2, 0) is 14.2 Å². The Hall–Kier alpha value is -0.680. The highest BCUT2D eigenvalue weighted by molar-refractivity contribution is 5.49. The van der Waals surface area contributed by atoms with Crippen LogP contribution >= 0.6 is 0 Å². The first kappa shape index (κ1) is 13.0. The molecule has 1 saturated heterocycles. The topological polar surface area (TPSA) is 47.9 Å². The summed E-state index contributed by atoms with van der Waals surface area (Å²) >= 11 is 0. The summed E-state index contributed by atoms with van der Waals surface area (Å²) in [6.07, 6.45) is 5.30. The zero-order valence-corrected chi connectivity index (χ0v) is 12.3. The lowest BCUT2D eigenvalue weighted by Gasteiger charge is -2.53.